The summed E-state index contributed by atoms with van der Waals surface area (Å²) in [5.41, 5.74) is 2.31. The molecule has 1 heterocycles. The molecule has 3 unspecified atom stereocenters. The van der Waals surface area contributed by atoms with Crippen molar-refractivity contribution < 1.29 is 0 Å². The molecular formula is C18H21N3. The molecule has 1 aromatic heterocycles. The number of nitriles is 1. The molecule has 0 bridgehead atoms. The van der Waals surface area contributed by atoms with E-state index in [4.69, 9.17) is 0 Å². The molecule has 1 aromatic carbocycles. The van der Waals surface area contributed by atoms with Crippen LogP contribution in [0.25, 0.3) is 11.1 Å². The Balaban J connectivity index is 1.86. The smallest absolute Gasteiger partial charge is 0.0688 e. The Morgan fingerprint density at radius 2 is 2.05 bits per heavy atom. The Morgan fingerprint density at radius 1 is 1.24 bits per heavy atom. The molecule has 3 atom stereocenters. The average Bonchev–Trinajstić information content (AvgIpc) is 3.05. The van der Waals surface area contributed by atoms with Crippen LogP contribution in [0, 0.1) is 23.2 Å². The number of nitrogens with zero attached hydrogens (tertiary/aromatic N) is 3. The van der Waals surface area contributed by atoms with E-state index in [9.17, 15) is 5.26 Å². The van der Waals surface area contributed by atoms with Gasteiger partial charge in [-0.15, -0.1) is 0 Å². The average molecular weight is 279 g/mol. The van der Waals surface area contributed by atoms with Crippen molar-refractivity contribution in [1.82, 2.24) is 9.78 Å². The zero-order valence-electron chi connectivity index (χ0n) is 12.4. The van der Waals surface area contributed by atoms with Gasteiger partial charge in [0.15, 0.2) is 0 Å². The molecule has 1 aliphatic rings. The Bertz CT molecular complexity index is 623. The molecule has 1 aliphatic carbocycles. The maximum absolute atomic E-state index is 9.41. The third-order valence-electron chi connectivity index (χ3n) is 4.72. The van der Waals surface area contributed by atoms with Crippen molar-refractivity contribution >= 4 is 0 Å². The van der Waals surface area contributed by atoms with Crippen molar-refractivity contribution in [2.75, 3.05) is 0 Å². The Labute approximate surface area is 126 Å². The fourth-order valence-corrected chi connectivity index (χ4v) is 3.34. The van der Waals surface area contributed by atoms with Crippen LogP contribution in [0.4, 0.5) is 0 Å². The van der Waals surface area contributed by atoms with E-state index in [0.717, 1.165) is 24.3 Å². The lowest BCUT2D eigenvalue weighted by Gasteiger charge is -2.32. The zero-order chi connectivity index (χ0) is 14.7. The molecule has 0 saturated heterocycles. The molecule has 21 heavy (non-hydrogen) atoms. The highest BCUT2D eigenvalue weighted by Gasteiger charge is 2.31. The lowest BCUT2D eigenvalue weighted by Crippen LogP contribution is -2.27. The van der Waals surface area contributed by atoms with Gasteiger partial charge in [-0.25, -0.2) is 0 Å². The van der Waals surface area contributed by atoms with Crippen LogP contribution in [0.2, 0.25) is 0 Å². The topological polar surface area (TPSA) is 41.6 Å². The van der Waals surface area contributed by atoms with E-state index in [1.165, 1.54) is 18.4 Å². The number of hydrogen-bond acceptors (Lipinski definition) is 2. The molecule has 0 spiro atoms. The molecule has 1 saturated carbocycles. The van der Waals surface area contributed by atoms with Crippen molar-refractivity contribution in [3.8, 4) is 17.2 Å². The van der Waals surface area contributed by atoms with Crippen LogP contribution in [0.5, 0.6) is 0 Å². The first-order valence-corrected chi connectivity index (χ1v) is 7.81. The van der Waals surface area contributed by atoms with Crippen LogP contribution in [0.3, 0.4) is 0 Å². The van der Waals surface area contributed by atoms with E-state index in [1.54, 1.807) is 0 Å². The number of aromatic nitrogens is 2. The second-order valence-electron chi connectivity index (χ2n) is 5.97. The van der Waals surface area contributed by atoms with Crippen LogP contribution in [-0.2, 0) is 0 Å². The van der Waals surface area contributed by atoms with E-state index >= 15 is 0 Å². The summed E-state index contributed by atoms with van der Waals surface area (Å²) in [5, 5.41) is 14.0. The van der Waals surface area contributed by atoms with Gasteiger partial charge in [0.05, 0.1) is 24.2 Å². The highest BCUT2D eigenvalue weighted by molar-refractivity contribution is 5.61. The summed E-state index contributed by atoms with van der Waals surface area (Å²) < 4.78 is 2.03. The summed E-state index contributed by atoms with van der Waals surface area (Å²) >= 11 is 0. The molecule has 1 fully saturated rings. The van der Waals surface area contributed by atoms with Gasteiger partial charge in [-0.1, -0.05) is 43.7 Å². The Kier molecular flexibility index (Phi) is 4.06. The van der Waals surface area contributed by atoms with Crippen molar-refractivity contribution in [3.63, 3.8) is 0 Å². The summed E-state index contributed by atoms with van der Waals surface area (Å²) in [4.78, 5) is 0. The van der Waals surface area contributed by atoms with Gasteiger partial charge in [0, 0.05) is 11.8 Å². The minimum absolute atomic E-state index is 0.0938. The van der Waals surface area contributed by atoms with E-state index in [-0.39, 0.29) is 12.0 Å². The highest BCUT2D eigenvalue weighted by Crippen LogP contribution is 2.38. The molecule has 3 heteroatoms. The molecule has 2 aromatic rings. The maximum Gasteiger partial charge on any atom is 0.0688 e. The number of rotatable bonds is 3. The SMILES string of the molecule is CCC1CCC(C#N)C(n2cc(-c3ccccc3)cn2)C1. The second-order valence-corrected chi connectivity index (χ2v) is 5.97. The van der Waals surface area contributed by atoms with Gasteiger partial charge in [-0.2, -0.15) is 10.4 Å². The minimum Gasteiger partial charge on any atom is -0.268 e. The molecule has 0 aliphatic heterocycles. The Hall–Kier alpha value is -2.08. The number of hydrogen-bond donors (Lipinski definition) is 0. The molecular weight excluding hydrogens is 258 g/mol. The summed E-state index contributed by atoms with van der Waals surface area (Å²) in [6.07, 6.45) is 8.46. The first kappa shape index (κ1) is 13.9. The fraction of sp³-hybridized carbons (Fsp3) is 0.444. The quantitative estimate of drug-likeness (QED) is 0.833. The van der Waals surface area contributed by atoms with Crippen LogP contribution in [0.1, 0.15) is 38.6 Å². The van der Waals surface area contributed by atoms with E-state index in [2.05, 4.69) is 36.4 Å². The van der Waals surface area contributed by atoms with Crippen molar-refractivity contribution in [2.45, 2.75) is 38.6 Å². The fourth-order valence-electron chi connectivity index (χ4n) is 3.34. The monoisotopic (exact) mass is 279 g/mol. The van der Waals surface area contributed by atoms with Gasteiger partial charge >= 0.3 is 0 Å². The van der Waals surface area contributed by atoms with Crippen LogP contribution >= 0.6 is 0 Å². The van der Waals surface area contributed by atoms with Crippen LogP contribution < -0.4 is 0 Å². The molecule has 3 rings (SSSR count). The van der Waals surface area contributed by atoms with E-state index in [1.807, 2.05) is 29.1 Å². The van der Waals surface area contributed by atoms with Gasteiger partial charge in [0.2, 0.25) is 0 Å². The summed E-state index contributed by atoms with van der Waals surface area (Å²) in [6, 6.07) is 13.0. The summed E-state index contributed by atoms with van der Waals surface area (Å²) in [5.74, 6) is 0.820. The van der Waals surface area contributed by atoms with Gasteiger partial charge < -0.3 is 0 Å². The predicted octanol–water partition coefficient (Wildman–Crippen LogP) is 4.44. The van der Waals surface area contributed by atoms with Gasteiger partial charge in [-0.3, -0.25) is 4.68 Å². The lowest BCUT2D eigenvalue weighted by atomic mass is 9.78. The maximum atomic E-state index is 9.41. The molecule has 3 nitrogen and oxygen atoms in total. The highest BCUT2D eigenvalue weighted by atomic mass is 15.3. The molecule has 0 amide bonds. The molecule has 108 valence electrons. The van der Waals surface area contributed by atoms with Gasteiger partial charge in [0.25, 0.3) is 0 Å². The first-order chi connectivity index (χ1) is 10.3. The minimum atomic E-state index is 0.0938. The largest absolute Gasteiger partial charge is 0.268 e. The standard InChI is InChI=1S/C18H21N3/c1-2-14-8-9-16(11-19)18(10-14)21-13-17(12-20-21)15-6-4-3-5-7-15/h3-7,12-14,16,18H,2,8-10H2,1H3. The lowest BCUT2D eigenvalue weighted by molar-refractivity contribution is 0.204. The van der Waals surface area contributed by atoms with Crippen LogP contribution in [-0.4, -0.2) is 9.78 Å². The number of benzene rings is 1. The molecule has 0 radical (unpaired) electrons. The van der Waals surface area contributed by atoms with Crippen molar-refractivity contribution in [1.29, 1.82) is 5.26 Å². The first-order valence-electron chi connectivity index (χ1n) is 7.81. The molecule has 0 N–H and O–H groups in total. The van der Waals surface area contributed by atoms with Crippen molar-refractivity contribution in [2.24, 2.45) is 11.8 Å². The van der Waals surface area contributed by atoms with Crippen molar-refractivity contribution in [3.05, 3.63) is 42.7 Å². The van der Waals surface area contributed by atoms with E-state index in [0.29, 0.717) is 0 Å². The predicted molar refractivity (Wildman–Crippen MR) is 83.4 cm³/mol. The van der Waals surface area contributed by atoms with Gasteiger partial charge in [-0.05, 0) is 30.7 Å². The van der Waals surface area contributed by atoms with Crippen LogP contribution in [0.15, 0.2) is 42.7 Å². The third-order valence-corrected chi connectivity index (χ3v) is 4.72. The summed E-state index contributed by atoms with van der Waals surface area (Å²) in [6.45, 7) is 2.24. The zero-order valence-corrected chi connectivity index (χ0v) is 12.4. The third kappa shape index (κ3) is 2.85. The summed E-state index contributed by atoms with van der Waals surface area (Å²) in [7, 11) is 0. The van der Waals surface area contributed by atoms with Gasteiger partial charge in [0.1, 0.15) is 0 Å². The Morgan fingerprint density at radius 3 is 2.76 bits per heavy atom. The normalized spacial score (nSPS) is 25.4. The van der Waals surface area contributed by atoms with E-state index < -0.39 is 0 Å². The second kappa shape index (κ2) is 6.13.